The Morgan fingerprint density at radius 2 is 2.05 bits per heavy atom. The van der Waals surface area contributed by atoms with Crippen molar-refractivity contribution in [2.45, 2.75) is 13.3 Å². The van der Waals surface area contributed by atoms with Gasteiger partial charge in [0.05, 0.1) is 11.5 Å². The minimum Gasteiger partial charge on any atom is -0.492 e. The maximum atomic E-state index is 13.3. The molecule has 20 heavy (non-hydrogen) atoms. The van der Waals surface area contributed by atoms with E-state index in [1.165, 1.54) is 12.1 Å². The van der Waals surface area contributed by atoms with Crippen LogP contribution in [0.5, 0.6) is 5.75 Å². The summed E-state index contributed by atoms with van der Waals surface area (Å²) in [5.41, 5.74) is 0.366. The maximum Gasteiger partial charge on any atom is 0.153 e. The number of hydrogen-bond donors (Lipinski definition) is 1. The molecule has 0 aliphatic heterocycles. The first-order chi connectivity index (χ1) is 9.46. The second-order valence-electron chi connectivity index (χ2n) is 4.14. The van der Waals surface area contributed by atoms with Crippen molar-refractivity contribution in [2.24, 2.45) is 0 Å². The third kappa shape index (κ3) is 6.04. The fourth-order valence-corrected chi connectivity index (χ4v) is 2.72. The second-order valence-corrected chi connectivity index (χ2v) is 6.44. The molecule has 4 nitrogen and oxygen atoms in total. The summed E-state index contributed by atoms with van der Waals surface area (Å²) in [7, 11) is -3.12. The number of rotatable bonds is 6. The highest BCUT2D eigenvalue weighted by Crippen LogP contribution is 2.16. The van der Waals surface area contributed by atoms with E-state index in [-0.39, 0.29) is 30.5 Å². The summed E-state index contributed by atoms with van der Waals surface area (Å²) in [5.74, 6) is 4.68. The van der Waals surface area contributed by atoms with Crippen LogP contribution in [0, 0.1) is 17.7 Å². The van der Waals surface area contributed by atoms with Gasteiger partial charge in [0.1, 0.15) is 24.8 Å². The van der Waals surface area contributed by atoms with Crippen LogP contribution in [0.4, 0.5) is 4.39 Å². The number of sulfone groups is 1. The van der Waals surface area contributed by atoms with Gasteiger partial charge in [-0.05, 0) is 18.6 Å². The van der Waals surface area contributed by atoms with E-state index in [2.05, 4.69) is 11.8 Å². The van der Waals surface area contributed by atoms with Crippen LogP contribution in [0.2, 0.25) is 0 Å². The summed E-state index contributed by atoms with van der Waals surface area (Å²) in [5, 5.41) is 8.58. The number of aliphatic hydroxyl groups excluding tert-OH is 1. The molecule has 6 heteroatoms. The lowest BCUT2D eigenvalue weighted by Gasteiger charge is -2.07. The Kier molecular flexibility index (Phi) is 6.49. The Hall–Kier alpha value is -1.58. The monoisotopic (exact) mass is 300 g/mol. The molecule has 1 aromatic rings. The van der Waals surface area contributed by atoms with Crippen LogP contribution in [0.1, 0.15) is 18.9 Å². The van der Waals surface area contributed by atoms with E-state index < -0.39 is 15.7 Å². The van der Waals surface area contributed by atoms with Gasteiger partial charge in [0.2, 0.25) is 0 Å². The summed E-state index contributed by atoms with van der Waals surface area (Å²) < 4.78 is 41.5. The fraction of sp³-hybridized carbons (Fsp3) is 0.429. The van der Waals surface area contributed by atoms with Crippen molar-refractivity contribution in [3.8, 4) is 17.6 Å². The molecule has 0 aromatic heterocycles. The molecule has 0 saturated heterocycles. The quantitative estimate of drug-likeness (QED) is 0.806. The Morgan fingerprint density at radius 1 is 1.30 bits per heavy atom. The first kappa shape index (κ1) is 16.5. The molecular weight excluding hydrogens is 283 g/mol. The zero-order valence-electron chi connectivity index (χ0n) is 11.2. The van der Waals surface area contributed by atoms with Crippen molar-refractivity contribution < 1.29 is 22.7 Å². The summed E-state index contributed by atoms with van der Waals surface area (Å²) in [6, 6.07) is 3.87. The molecule has 0 bridgehead atoms. The van der Waals surface area contributed by atoms with Crippen molar-refractivity contribution in [2.75, 3.05) is 24.7 Å². The predicted octanol–water partition coefficient (Wildman–Crippen LogP) is 1.37. The van der Waals surface area contributed by atoms with Crippen LogP contribution < -0.4 is 4.74 Å². The van der Waals surface area contributed by atoms with E-state index in [0.717, 1.165) is 6.07 Å². The highest BCUT2D eigenvalue weighted by atomic mass is 32.2. The minimum atomic E-state index is -3.12. The molecule has 0 amide bonds. The van der Waals surface area contributed by atoms with Crippen molar-refractivity contribution >= 4 is 9.84 Å². The van der Waals surface area contributed by atoms with Crippen LogP contribution in [0.15, 0.2) is 18.2 Å². The van der Waals surface area contributed by atoms with Gasteiger partial charge in [-0.3, -0.25) is 0 Å². The van der Waals surface area contributed by atoms with Crippen molar-refractivity contribution in [1.29, 1.82) is 0 Å². The van der Waals surface area contributed by atoms with Crippen LogP contribution in [-0.4, -0.2) is 38.2 Å². The van der Waals surface area contributed by atoms with Crippen LogP contribution in [0.25, 0.3) is 0 Å². The normalized spacial score (nSPS) is 10.8. The molecule has 1 N–H and O–H groups in total. The van der Waals surface area contributed by atoms with E-state index in [4.69, 9.17) is 9.84 Å². The average Bonchev–Trinajstić information content (AvgIpc) is 2.35. The third-order valence-electron chi connectivity index (χ3n) is 2.36. The number of halogens is 1. The van der Waals surface area contributed by atoms with Gasteiger partial charge >= 0.3 is 0 Å². The van der Waals surface area contributed by atoms with Gasteiger partial charge in [-0.25, -0.2) is 12.8 Å². The number of aliphatic hydroxyl groups is 1. The van der Waals surface area contributed by atoms with Gasteiger partial charge in [0.25, 0.3) is 0 Å². The smallest absolute Gasteiger partial charge is 0.153 e. The fourth-order valence-electron chi connectivity index (χ4n) is 1.56. The standard InChI is InChI=1S/C14H17FO4S/c1-2-7-20(17,18)8-6-19-14-10-12(4-3-5-16)9-13(15)11-14/h9-11,16H,2,5-8H2,1H3. The predicted molar refractivity (Wildman–Crippen MR) is 74.8 cm³/mol. The van der Waals surface area contributed by atoms with E-state index in [9.17, 15) is 12.8 Å². The minimum absolute atomic E-state index is 0.0291. The molecule has 110 valence electrons. The van der Waals surface area contributed by atoms with Gasteiger partial charge in [0, 0.05) is 11.6 Å². The molecule has 0 saturated carbocycles. The maximum absolute atomic E-state index is 13.3. The van der Waals surface area contributed by atoms with Gasteiger partial charge in [0.15, 0.2) is 9.84 Å². The molecule has 0 spiro atoms. The Morgan fingerprint density at radius 3 is 2.70 bits per heavy atom. The highest BCUT2D eigenvalue weighted by Gasteiger charge is 2.09. The molecule has 0 atom stereocenters. The Labute approximate surface area is 118 Å². The first-order valence-corrected chi connectivity index (χ1v) is 8.02. The SMILES string of the molecule is CCCS(=O)(=O)CCOc1cc(F)cc(C#CCO)c1. The largest absolute Gasteiger partial charge is 0.492 e. The molecule has 1 rings (SSSR count). The van der Waals surface area contributed by atoms with Crippen LogP contribution in [0.3, 0.4) is 0 Å². The lowest BCUT2D eigenvalue weighted by Crippen LogP contribution is -2.16. The molecule has 0 aliphatic carbocycles. The molecule has 0 fully saturated rings. The van der Waals surface area contributed by atoms with Gasteiger partial charge in [-0.1, -0.05) is 18.8 Å². The van der Waals surface area contributed by atoms with E-state index in [1.807, 2.05) is 0 Å². The lowest BCUT2D eigenvalue weighted by molar-refractivity contribution is 0.338. The number of hydrogen-bond acceptors (Lipinski definition) is 4. The lowest BCUT2D eigenvalue weighted by atomic mass is 10.2. The zero-order chi connectivity index (χ0) is 15.0. The zero-order valence-corrected chi connectivity index (χ0v) is 12.0. The van der Waals surface area contributed by atoms with E-state index in [0.29, 0.717) is 12.0 Å². The van der Waals surface area contributed by atoms with Crippen molar-refractivity contribution in [3.05, 3.63) is 29.6 Å². The third-order valence-corrected chi connectivity index (χ3v) is 4.18. The molecule has 1 aromatic carbocycles. The summed E-state index contributed by atoms with van der Waals surface area (Å²) in [6.45, 7) is 1.44. The average molecular weight is 300 g/mol. The molecule has 0 heterocycles. The Bertz CT molecular complexity index is 599. The van der Waals surface area contributed by atoms with Gasteiger partial charge in [-0.15, -0.1) is 0 Å². The molecule has 0 aliphatic rings. The first-order valence-electron chi connectivity index (χ1n) is 6.20. The molecule has 0 unspecified atom stereocenters. The van der Waals surface area contributed by atoms with Gasteiger partial charge < -0.3 is 9.84 Å². The second kappa shape index (κ2) is 7.88. The van der Waals surface area contributed by atoms with Crippen LogP contribution in [-0.2, 0) is 9.84 Å². The van der Waals surface area contributed by atoms with Gasteiger partial charge in [-0.2, -0.15) is 0 Å². The topological polar surface area (TPSA) is 63.6 Å². The Balaban J connectivity index is 2.67. The van der Waals surface area contributed by atoms with Crippen molar-refractivity contribution in [1.82, 2.24) is 0 Å². The van der Waals surface area contributed by atoms with E-state index >= 15 is 0 Å². The molecular formula is C14H17FO4S. The number of ether oxygens (including phenoxy) is 1. The highest BCUT2D eigenvalue weighted by molar-refractivity contribution is 7.91. The number of benzene rings is 1. The van der Waals surface area contributed by atoms with Crippen LogP contribution >= 0.6 is 0 Å². The molecule has 0 radical (unpaired) electrons. The summed E-state index contributed by atoms with van der Waals surface area (Å²) in [6.07, 6.45) is 0.559. The van der Waals surface area contributed by atoms with E-state index in [1.54, 1.807) is 6.92 Å². The van der Waals surface area contributed by atoms with Crippen molar-refractivity contribution in [3.63, 3.8) is 0 Å². The summed E-state index contributed by atoms with van der Waals surface area (Å²) in [4.78, 5) is 0. The summed E-state index contributed by atoms with van der Waals surface area (Å²) >= 11 is 0.